The standard InChI is InChI=1S/C83H147NO8/c1-6-8-10-12-14-16-18-20-22-24-26-28-30-32-34-36-38-39-40-41-42-43-44-46-48-50-52-54-56-58-60-62-64-66-68-70-72-74-81(86)92-79(78-91-83(82(87)88)89-76-75-84(3,4)5)77-90-80(85)73-71-69-67-65-63-61-59-57-55-53-51-49-47-45-37-35-33-31-29-27-25-23-21-19-17-15-13-11-9-7-2/h8,10,14,16,20,22,26,28,32,34,38-39,41-42,44,46,79,83H,6-7,9,11-13,15,17-19,21,23-25,27,29-31,33,35-37,40,43,45,47-78H2,1-5H3/b10-8-,16-14-,22-20-,28-26-,34-32-,39-38-,42-41-,46-44-. The second-order valence-electron chi connectivity index (χ2n) is 27.3. The highest BCUT2D eigenvalue weighted by molar-refractivity contribution is 5.70. The van der Waals surface area contributed by atoms with Gasteiger partial charge in [0.2, 0.25) is 0 Å². The first kappa shape index (κ1) is 88.2. The van der Waals surface area contributed by atoms with Crippen LogP contribution in [0.3, 0.4) is 0 Å². The van der Waals surface area contributed by atoms with E-state index in [2.05, 4.69) is 111 Å². The summed E-state index contributed by atoms with van der Waals surface area (Å²) in [6.45, 7) is 4.68. The van der Waals surface area contributed by atoms with Crippen LogP contribution in [0.5, 0.6) is 0 Å². The number of esters is 2. The van der Waals surface area contributed by atoms with Crippen molar-refractivity contribution in [2.45, 2.75) is 367 Å². The highest BCUT2D eigenvalue weighted by atomic mass is 16.7. The monoisotopic (exact) mass is 1290 g/mol. The summed E-state index contributed by atoms with van der Waals surface area (Å²) >= 11 is 0. The van der Waals surface area contributed by atoms with Crippen molar-refractivity contribution in [3.05, 3.63) is 97.2 Å². The van der Waals surface area contributed by atoms with E-state index in [4.69, 9.17) is 18.9 Å². The Kier molecular flexibility index (Phi) is 70.0. The molecule has 2 unspecified atom stereocenters. The van der Waals surface area contributed by atoms with Gasteiger partial charge in [0.25, 0.3) is 0 Å². The molecule has 9 heteroatoms. The number of carboxylic acids is 1. The SMILES string of the molecule is CC/C=C\C/C=C\C/C=C\C/C=C\C/C=C\C/C=C\C/C=C\C/C=C\CCCCCCCCCCCCCCC(=O)OC(COC(=O)CCCCCCCCCCCCCCCCCCCCCCCCCCCCCCCC)COC(OCC[N+](C)(C)C)C(=O)[O-]. The minimum absolute atomic E-state index is 0.146. The van der Waals surface area contributed by atoms with Crippen LogP contribution in [0.2, 0.25) is 0 Å². The largest absolute Gasteiger partial charge is 0.545 e. The van der Waals surface area contributed by atoms with E-state index in [1.165, 1.54) is 231 Å². The van der Waals surface area contributed by atoms with E-state index in [9.17, 15) is 19.5 Å². The Bertz CT molecular complexity index is 1840. The number of allylic oxidation sites excluding steroid dienone is 16. The van der Waals surface area contributed by atoms with Gasteiger partial charge in [-0.15, -0.1) is 0 Å². The van der Waals surface area contributed by atoms with Crippen LogP contribution in [0.25, 0.3) is 0 Å². The molecule has 0 heterocycles. The molecule has 0 aliphatic heterocycles. The van der Waals surface area contributed by atoms with Crippen molar-refractivity contribution < 1.29 is 42.9 Å². The Labute approximate surface area is 569 Å². The van der Waals surface area contributed by atoms with Crippen LogP contribution >= 0.6 is 0 Å². The van der Waals surface area contributed by atoms with Crippen LogP contribution in [0, 0.1) is 0 Å². The maximum atomic E-state index is 13.0. The number of carbonyl (C=O) groups excluding carboxylic acids is 3. The predicted molar refractivity (Wildman–Crippen MR) is 394 cm³/mol. The molecule has 0 aromatic carbocycles. The number of quaternary nitrogens is 1. The molecule has 0 fully saturated rings. The number of hydrogen-bond acceptors (Lipinski definition) is 8. The third kappa shape index (κ3) is 73.6. The summed E-state index contributed by atoms with van der Waals surface area (Å²) in [7, 11) is 5.94. The quantitative estimate of drug-likeness (QED) is 0.0195. The third-order valence-electron chi connectivity index (χ3n) is 17.1. The number of hydrogen-bond donors (Lipinski definition) is 0. The molecule has 2 atom stereocenters. The Morgan fingerprint density at radius 1 is 0.337 bits per heavy atom. The van der Waals surface area contributed by atoms with Crippen molar-refractivity contribution in [2.75, 3.05) is 47.5 Å². The normalized spacial score (nSPS) is 13.2. The smallest absolute Gasteiger partial charge is 0.306 e. The van der Waals surface area contributed by atoms with Gasteiger partial charge >= 0.3 is 11.9 Å². The lowest BCUT2D eigenvalue weighted by Crippen LogP contribution is -2.44. The van der Waals surface area contributed by atoms with Gasteiger partial charge in [0.05, 0.1) is 40.3 Å². The van der Waals surface area contributed by atoms with Crippen LogP contribution in [0.1, 0.15) is 354 Å². The zero-order valence-electron chi connectivity index (χ0n) is 60.9. The molecule has 9 nitrogen and oxygen atoms in total. The summed E-state index contributed by atoms with van der Waals surface area (Å²) in [5.41, 5.74) is 0. The molecule has 0 aromatic rings. The molecular formula is C83H147NO8. The van der Waals surface area contributed by atoms with E-state index in [1.54, 1.807) is 0 Å². The minimum atomic E-state index is -1.63. The fraction of sp³-hybridized carbons (Fsp3) is 0.771. The van der Waals surface area contributed by atoms with E-state index in [1.807, 2.05) is 21.1 Å². The van der Waals surface area contributed by atoms with E-state index in [-0.39, 0.29) is 32.2 Å². The molecule has 0 aromatic heterocycles. The summed E-state index contributed by atoms with van der Waals surface area (Å²) in [6, 6.07) is 0. The van der Waals surface area contributed by atoms with Gasteiger partial charge in [-0.2, -0.15) is 0 Å². The van der Waals surface area contributed by atoms with Crippen molar-refractivity contribution in [3.8, 4) is 0 Å². The lowest BCUT2D eigenvalue weighted by Gasteiger charge is -2.26. The van der Waals surface area contributed by atoms with Crippen LogP contribution in [-0.2, 0) is 33.3 Å². The number of aliphatic carboxylic acids is 1. The van der Waals surface area contributed by atoms with E-state index < -0.39 is 24.3 Å². The molecule has 532 valence electrons. The Morgan fingerprint density at radius 2 is 0.620 bits per heavy atom. The lowest BCUT2D eigenvalue weighted by atomic mass is 10.0. The second-order valence-corrected chi connectivity index (χ2v) is 27.3. The van der Waals surface area contributed by atoms with Gasteiger partial charge in [-0.1, -0.05) is 361 Å². The average molecular weight is 1290 g/mol. The molecule has 0 amide bonds. The van der Waals surface area contributed by atoms with Gasteiger partial charge in [-0.05, 0) is 77.0 Å². The van der Waals surface area contributed by atoms with Crippen LogP contribution < -0.4 is 5.11 Å². The van der Waals surface area contributed by atoms with Crippen molar-refractivity contribution >= 4 is 17.9 Å². The zero-order chi connectivity index (χ0) is 66.8. The first-order chi connectivity index (χ1) is 45.1. The number of rotatable bonds is 72. The predicted octanol–water partition coefficient (Wildman–Crippen LogP) is 23.4. The number of carboxylic acid groups (broad SMARTS) is 1. The van der Waals surface area contributed by atoms with Gasteiger partial charge < -0.3 is 33.3 Å². The maximum absolute atomic E-state index is 13.0. The minimum Gasteiger partial charge on any atom is -0.545 e. The van der Waals surface area contributed by atoms with Gasteiger partial charge in [0, 0.05) is 12.8 Å². The fourth-order valence-corrected chi connectivity index (χ4v) is 11.2. The van der Waals surface area contributed by atoms with Crippen molar-refractivity contribution in [1.29, 1.82) is 0 Å². The average Bonchev–Trinajstić information content (AvgIpc) is 3.75. The summed E-state index contributed by atoms with van der Waals surface area (Å²) in [6.07, 6.45) is 98.0. The van der Waals surface area contributed by atoms with Gasteiger partial charge in [0.1, 0.15) is 13.2 Å². The molecule has 92 heavy (non-hydrogen) atoms. The van der Waals surface area contributed by atoms with Crippen LogP contribution in [0.15, 0.2) is 97.2 Å². The van der Waals surface area contributed by atoms with Crippen molar-refractivity contribution in [3.63, 3.8) is 0 Å². The third-order valence-corrected chi connectivity index (χ3v) is 17.1. The molecular weight excluding hydrogens is 1140 g/mol. The fourth-order valence-electron chi connectivity index (χ4n) is 11.2. The van der Waals surface area contributed by atoms with Gasteiger partial charge in [0.15, 0.2) is 12.4 Å². The summed E-state index contributed by atoms with van der Waals surface area (Å²) in [5, 5.41) is 11.9. The number of nitrogens with zero attached hydrogens (tertiary/aromatic N) is 1. The Balaban J connectivity index is 4.06. The Hall–Kier alpha value is -3.79. The molecule has 0 spiro atoms. The van der Waals surface area contributed by atoms with Crippen LogP contribution in [-0.4, -0.2) is 82.3 Å². The highest BCUT2D eigenvalue weighted by Crippen LogP contribution is 2.19. The number of likely N-dealkylation sites (N-methyl/N-ethyl adjacent to an activating group) is 1. The molecule has 0 aliphatic carbocycles. The molecule has 0 bridgehead atoms. The molecule has 0 saturated heterocycles. The lowest BCUT2D eigenvalue weighted by molar-refractivity contribution is -0.870. The maximum Gasteiger partial charge on any atom is 0.306 e. The van der Waals surface area contributed by atoms with Crippen LogP contribution in [0.4, 0.5) is 0 Å². The molecule has 0 aliphatic rings. The first-order valence-electron chi connectivity index (χ1n) is 38.9. The number of ether oxygens (including phenoxy) is 4. The van der Waals surface area contributed by atoms with E-state index in [0.717, 1.165) is 89.9 Å². The number of unbranched alkanes of at least 4 members (excludes halogenated alkanes) is 41. The topological polar surface area (TPSA) is 111 Å². The van der Waals surface area contributed by atoms with Gasteiger partial charge in [-0.25, -0.2) is 0 Å². The Morgan fingerprint density at radius 3 is 0.924 bits per heavy atom. The highest BCUT2D eigenvalue weighted by Gasteiger charge is 2.22. The number of carbonyl (C=O) groups is 3. The van der Waals surface area contributed by atoms with Crippen molar-refractivity contribution in [1.82, 2.24) is 0 Å². The summed E-state index contributed by atoms with van der Waals surface area (Å²) in [4.78, 5) is 37.6. The molecule has 0 N–H and O–H groups in total. The summed E-state index contributed by atoms with van der Waals surface area (Å²) < 4.78 is 22.9. The second kappa shape index (κ2) is 73.0. The van der Waals surface area contributed by atoms with Crippen molar-refractivity contribution in [2.24, 2.45) is 0 Å². The molecule has 0 radical (unpaired) electrons. The molecule has 0 rings (SSSR count). The molecule has 0 saturated carbocycles. The first-order valence-corrected chi connectivity index (χ1v) is 38.9. The van der Waals surface area contributed by atoms with E-state index >= 15 is 0 Å². The summed E-state index contributed by atoms with van der Waals surface area (Å²) in [5.74, 6) is -2.27. The van der Waals surface area contributed by atoms with Gasteiger partial charge in [-0.3, -0.25) is 9.59 Å². The van der Waals surface area contributed by atoms with E-state index in [0.29, 0.717) is 23.9 Å². The zero-order valence-corrected chi connectivity index (χ0v) is 60.9.